The fraction of sp³-hybridized carbons (Fsp3) is 0.478. The number of hydrogen-bond acceptors (Lipinski definition) is 5. The third-order valence-electron chi connectivity index (χ3n) is 7.38. The van der Waals surface area contributed by atoms with Gasteiger partial charge in [0.25, 0.3) is 0 Å². The first kappa shape index (κ1) is 18.6. The average molecular weight is 419 g/mol. The number of aromatic amines is 1. The van der Waals surface area contributed by atoms with Crippen LogP contribution >= 0.6 is 0 Å². The molecule has 2 aliphatic heterocycles. The number of H-pyrrole nitrogens is 1. The SMILES string of the molecule is O=C(CN1C(=O)C2C3C=CC(C3)C2C1=O)N1CCCN(c2nc3ccccc3[nH]2)CC1. The van der Waals surface area contributed by atoms with Crippen molar-refractivity contribution >= 4 is 34.7 Å². The van der Waals surface area contributed by atoms with Gasteiger partial charge in [-0.05, 0) is 36.8 Å². The molecule has 1 aromatic carbocycles. The molecule has 4 aliphatic rings. The molecule has 1 aromatic heterocycles. The van der Waals surface area contributed by atoms with E-state index in [1.807, 2.05) is 24.3 Å². The molecule has 4 atom stereocenters. The Kier molecular flexibility index (Phi) is 4.16. The summed E-state index contributed by atoms with van der Waals surface area (Å²) in [6.07, 6.45) is 5.86. The van der Waals surface area contributed by atoms with Crippen LogP contribution in [0.3, 0.4) is 0 Å². The van der Waals surface area contributed by atoms with Crippen LogP contribution < -0.4 is 4.90 Å². The van der Waals surface area contributed by atoms with Crippen molar-refractivity contribution in [3.63, 3.8) is 0 Å². The predicted molar refractivity (Wildman–Crippen MR) is 114 cm³/mol. The quantitative estimate of drug-likeness (QED) is 0.600. The number of anilines is 1. The van der Waals surface area contributed by atoms with Gasteiger partial charge in [-0.2, -0.15) is 0 Å². The molecule has 8 heteroatoms. The van der Waals surface area contributed by atoms with Gasteiger partial charge in [0.05, 0.1) is 22.9 Å². The number of para-hydroxylation sites is 2. The third kappa shape index (κ3) is 2.88. The van der Waals surface area contributed by atoms with Crippen LogP contribution in [0.15, 0.2) is 36.4 Å². The summed E-state index contributed by atoms with van der Waals surface area (Å²) >= 11 is 0. The summed E-state index contributed by atoms with van der Waals surface area (Å²) in [5.74, 6) is 0.206. The van der Waals surface area contributed by atoms with Gasteiger partial charge in [-0.3, -0.25) is 19.3 Å². The molecule has 2 saturated heterocycles. The Morgan fingerprint density at radius 1 is 1.00 bits per heavy atom. The van der Waals surface area contributed by atoms with Crippen LogP contribution in [0, 0.1) is 23.7 Å². The monoisotopic (exact) mass is 419 g/mol. The number of imidazole rings is 1. The molecule has 1 N–H and O–H groups in total. The van der Waals surface area contributed by atoms with Gasteiger partial charge in [-0.15, -0.1) is 0 Å². The molecule has 3 amide bonds. The number of fused-ring (bicyclic) bond motifs is 6. The van der Waals surface area contributed by atoms with Gasteiger partial charge in [0.15, 0.2) is 0 Å². The summed E-state index contributed by atoms with van der Waals surface area (Å²) in [6, 6.07) is 7.92. The van der Waals surface area contributed by atoms with Crippen molar-refractivity contribution in [2.45, 2.75) is 12.8 Å². The smallest absolute Gasteiger partial charge is 0.242 e. The van der Waals surface area contributed by atoms with Gasteiger partial charge in [-0.25, -0.2) is 4.98 Å². The van der Waals surface area contributed by atoms with E-state index in [-0.39, 0.29) is 47.9 Å². The molecule has 0 spiro atoms. The van der Waals surface area contributed by atoms with Crippen molar-refractivity contribution in [3.05, 3.63) is 36.4 Å². The van der Waals surface area contributed by atoms with Crippen LogP contribution in [0.4, 0.5) is 5.95 Å². The van der Waals surface area contributed by atoms with Crippen molar-refractivity contribution in [1.29, 1.82) is 0 Å². The van der Waals surface area contributed by atoms with E-state index in [1.165, 1.54) is 4.90 Å². The minimum Gasteiger partial charge on any atom is -0.341 e. The lowest BCUT2D eigenvalue weighted by molar-refractivity contribution is -0.147. The first-order chi connectivity index (χ1) is 15.1. The molecule has 6 rings (SSSR count). The van der Waals surface area contributed by atoms with Crippen LogP contribution in [0.5, 0.6) is 0 Å². The third-order valence-corrected chi connectivity index (χ3v) is 7.38. The van der Waals surface area contributed by atoms with E-state index < -0.39 is 0 Å². The van der Waals surface area contributed by atoms with E-state index in [4.69, 9.17) is 0 Å². The molecule has 31 heavy (non-hydrogen) atoms. The van der Waals surface area contributed by atoms with Gasteiger partial charge in [0.2, 0.25) is 23.7 Å². The van der Waals surface area contributed by atoms with Gasteiger partial charge in [0.1, 0.15) is 6.54 Å². The summed E-state index contributed by atoms with van der Waals surface area (Å²) in [4.78, 5) is 51.9. The number of carbonyl (C=O) groups excluding carboxylic acids is 3. The van der Waals surface area contributed by atoms with Crippen LogP contribution in [-0.4, -0.2) is 70.2 Å². The van der Waals surface area contributed by atoms with Gasteiger partial charge in [0, 0.05) is 26.2 Å². The highest BCUT2D eigenvalue weighted by Crippen LogP contribution is 2.52. The van der Waals surface area contributed by atoms with Gasteiger partial charge in [-0.1, -0.05) is 24.3 Å². The first-order valence-corrected chi connectivity index (χ1v) is 11.1. The number of imide groups is 1. The van der Waals surface area contributed by atoms with Gasteiger partial charge < -0.3 is 14.8 Å². The summed E-state index contributed by atoms with van der Waals surface area (Å²) in [5.41, 5.74) is 1.92. The zero-order valence-electron chi connectivity index (χ0n) is 17.2. The van der Waals surface area contributed by atoms with E-state index in [2.05, 4.69) is 27.0 Å². The second-order valence-corrected chi connectivity index (χ2v) is 9.06. The molecule has 0 radical (unpaired) electrons. The molecule has 3 heterocycles. The fourth-order valence-corrected chi connectivity index (χ4v) is 5.82. The molecular weight excluding hydrogens is 394 g/mol. The molecule has 1 saturated carbocycles. The Morgan fingerprint density at radius 2 is 1.74 bits per heavy atom. The van der Waals surface area contributed by atoms with Crippen LogP contribution in [-0.2, 0) is 14.4 Å². The summed E-state index contributed by atoms with van der Waals surface area (Å²) in [6.45, 7) is 2.49. The molecule has 3 fully saturated rings. The number of hydrogen-bond donors (Lipinski definition) is 1. The van der Waals surface area contributed by atoms with Crippen molar-refractivity contribution in [1.82, 2.24) is 19.8 Å². The summed E-state index contributed by atoms with van der Waals surface area (Å²) in [5, 5.41) is 0. The molecule has 4 unspecified atom stereocenters. The number of rotatable bonds is 3. The molecule has 2 aromatic rings. The molecule has 8 nitrogen and oxygen atoms in total. The minimum absolute atomic E-state index is 0.130. The van der Waals surface area contributed by atoms with E-state index in [0.29, 0.717) is 19.6 Å². The number of benzene rings is 1. The normalized spacial score (nSPS) is 29.9. The van der Waals surface area contributed by atoms with Crippen molar-refractivity contribution < 1.29 is 14.4 Å². The maximum absolute atomic E-state index is 13.0. The second-order valence-electron chi connectivity index (χ2n) is 9.06. The van der Waals surface area contributed by atoms with Crippen LogP contribution in [0.25, 0.3) is 11.0 Å². The lowest BCUT2D eigenvalue weighted by Gasteiger charge is -2.24. The highest BCUT2D eigenvalue weighted by molar-refractivity contribution is 6.08. The molecule has 160 valence electrons. The largest absolute Gasteiger partial charge is 0.341 e. The van der Waals surface area contributed by atoms with Crippen LogP contribution in [0.2, 0.25) is 0 Å². The Bertz CT molecular complexity index is 1040. The Hall–Kier alpha value is -3.16. The van der Waals surface area contributed by atoms with E-state index in [0.717, 1.165) is 36.4 Å². The topological polar surface area (TPSA) is 89.6 Å². The van der Waals surface area contributed by atoms with Crippen LogP contribution in [0.1, 0.15) is 12.8 Å². The standard InChI is InChI=1S/C23H25N5O3/c29-18(13-28-21(30)19-14-6-7-15(12-14)20(19)22(28)31)26-8-3-9-27(11-10-26)23-24-16-4-1-2-5-17(16)25-23/h1-2,4-7,14-15,19-20H,3,8-13H2,(H,24,25). The number of carbonyl (C=O) groups is 3. The highest BCUT2D eigenvalue weighted by atomic mass is 16.2. The molecule has 2 bridgehead atoms. The number of nitrogens with zero attached hydrogens (tertiary/aromatic N) is 4. The molecular formula is C23H25N5O3. The number of allylic oxidation sites excluding steroid dienone is 2. The van der Waals surface area contributed by atoms with E-state index in [9.17, 15) is 14.4 Å². The van der Waals surface area contributed by atoms with E-state index >= 15 is 0 Å². The number of aromatic nitrogens is 2. The van der Waals surface area contributed by atoms with E-state index in [1.54, 1.807) is 4.90 Å². The number of amides is 3. The lowest BCUT2D eigenvalue weighted by atomic mass is 9.85. The number of nitrogens with one attached hydrogen (secondary N) is 1. The maximum atomic E-state index is 13.0. The Labute approximate surface area is 179 Å². The van der Waals surface area contributed by atoms with Crippen molar-refractivity contribution in [3.8, 4) is 0 Å². The zero-order valence-corrected chi connectivity index (χ0v) is 17.2. The maximum Gasteiger partial charge on any atom is 0.242 e. The zero-order chi connectivity index (χ0) is 21.1. The minimum atomic E-state index is -0.247. The summed E-state index contributed by atoms with van der Waals surface area (Å²) in [7, 11) is 0. The Balaban J connectivity index is 1.12. The highest BCUT2D eigenvalue weighted by Gasteiger charge is 2.59. The lowest BCUT2D eigenvalue weighted by Crippen LogP contribution is -2.45. The first-order valence-electron chi connectivity index (χ1n) is 11.1. The van der Waals surface area contributed by atoms with Crippen molar-refractivity contribution in [2.24, 2.45) is 23.7 Å². The van der Waals surface area contributed by atoms with Crippen molar-refractivity contribution in [2.75, 3.05) is 37.6 Å². The second kappa shape index (κ2) is 6.93. The fourth-order valence-electron chi connectivity index (χ4n) is 5.82. The van der Waals surface area contributed by atoms with Gasteiger partial charge >= 0.3 is 0 Å². The Morgan fingerprint density at radius 3 is 2.48 bits per heavy atom. The predicted octanol–water partition coefficient (Wildman–Crippen LogP) is 1.41. The summed E-state index contributed by atoms with van der Waals surface area (Å²) < 4.78 is 0. The molecule has 2 aliphatic carbocycles. The number of likely N-dealkylation sites (tertiary alicyclic amines) is 1. The average Bonchev–Trinajstić information content (AvgIpc) is 3.50.